The fourth-order valence-corrected chi connectivity index (χ4v) is 4.27. The summed E-state index contributed by atoms with van der Waals surface area (Å²) in [7, 11) is -3.54. The molecule has 0 atom stereocenters. The van der Waals surface area contributed by atoms with E-state index in [0.717, 1.165) is 0 Å². The molecular weight excluding hydrogens is 372 g/mol. The van der Waals surface area contributed by atoms with Gasteiger partial charge in [0.1, 0.15) is 0 Å². The second-order valence-corrected chi connectivity index (χ2v) is 8.09. The summed E-state index contributed by atoms with van der Waals surface area (Å²) >= 11 is 0. The molecule has 0 radical (unpaired) electrons. The minimum atomic E-state index is -3.54. The third kappa shape index (κ3) is 5.75. The fourth-order valence-electron chi connectivity index (χ4n) is 2.81. The first kappa shape index (κ1) is 21.3. The number of sulfonamides is 1. The van der Waals surface area contributed by atoms with Crippen molar-refractivity contribution in [2.24, 2.45) is 5.92 Å². The van der Waals surface area contributed by atoms with Crippen molar-refractivity contribution in [1.82, 2.24) is 4.31 Å². The Morgan fingerprint density at radius 1 is 1.15 bits per heavy atom. The number of hydrogen-bond acceptors (Lipinski definition) is 6. The zero-order valence-corrected chi connectivity index (χ0v) is 16.5. The first-order valence-corrected chi connectivity index (χ1v) is 10.5. The SMILES string of the molecule is CCN(CC)S(=O)(=O)c1ccc(NC(=O)COC(=O)C2CCOCC2)cc1. The summed E-state index contributed by atoms with van der Waals surface area (Å²) in [5, 5.41) is 2.59. The van der Waals surface area contributed by atoms with Crippen molar-refractivity contribution >= 4 is 27.6 Å². The van der Waals surface area contributed by atoms with Gasteiger partial charge in [-0.1, -0.05) is 13.8 Å². The highest BCUT2D eigenvalue weighted by atomic mass is 32.2. The minimum absolute atomic E-state index is 0.162. The molecule has 1 aromatic rings. The molecule has 1 fully saturated rings. The topological polar surface area (TPSA) is 102 Å². The van der Waals surface area contributed by atoms with Gasteiger partial charge in [0.15, 0.2) is 6.61 Å². The van der Waals surface area contributed by atoms with Crippen LogP contribution in [0.25, 0.3) is 0 Å². The highest BCUT2D eigenvalue weighted by Crippen LogP contribution is 2.19. The van der Waals surface area contributed by atoms with Crippen molar-refractivity contribution in [2.45, 2.75) is 31.6 Å². The van der Waals surface area contributed by atoms with E-state index in [1.165, 1.54) is 28.6 Å². The van der Waals surface area contributed by atoms with E-state index < -0.39 is 21.9 Å². The summed E-state index contributed by atoms with van der Waals surface area (Å²) in [6.45, 7) is 4.99. The van der Waals surface area contributed by atoms with Gasteiger partial charge in [-0.15, -0.1) is 0 Å². The summed E-state index contributed by atoms with van der Waals surface area (Å²) < 4.78 is 36.4. The molecule has 2 rings (SSSR count). The summed E-state index contributed by atoms with van der Waals surface area (Å²) in [6.07, 6.45) is 1.20. The van der Waals surface area contributed by atoms with E-state index in [9.17, 15) is 18.0 Å². The number of rotatable bonds is 8. The largest absolute Gasteiger partial charge is 0.455 e. The van der Waals surface area contributed by atoms with E-state index in [-0.39, 0.29) is 17.4 Å². The highest BCUT2D eigenvalue weighted by molar-refractivity contribution is 7.89. The predicted octanol–water partition coefficient (Wildman–Crippen LogP) is 1.63. The number of anilines is 1. The lowest BCUT2D eigenvalue weighted by atomic mass is 10.0. The van der Waals surface area contributed by atoms with Gasteiger partial charge in [-0.25, -0.2) is 8.42 Å². The zero-order valence-electron chi connectivity index (χ0n) is 15.6. The van der Waals surface area contributed by atoms with Gasteiger partial charge in [0, 0.05) is 32.0 Å². The van der Waals surface area contributed by atoms with Crippen LogP contribution in [0, 0.1) is 5.92 Å². The van der Waals surface area contributed by atoms with Crippen molar-refractivity contribution in [1.29, 1.82) is 0 Å². The van der Waals surface area contributed by atoms with E-state index in [4.69, 9.17) is 9.47 Å². The van der Waals surface area contributed by atoms with E-state index in [0.29, 0.717) is 44.8 Å². The molecule has 0 spiro atoms. The highest BCUT2D eigenvalue weighted by Gasteiger charge is 2.24. The molecule has 0 bridgehead atoms. The summed E-state index contributed by atoms with van der Waals surface area (Å²) in [5.41, 5.74) is 0.431. The van der Waals surface area contributed by atoms with Crippen molar-refractivity contribution < 1.29 is 27.5 Å². The van der Waals surface area contributed by atoms with Gasteiger partial charge in [-0.3, -0.25) is 9.59 Å². The fraction of sp³-hybridized carbons (Fsp3) is 0.556. The van der Waals surface area contributed by atoms with E-state index >= 15 is 0 Å². The van der Waals surface area contributed by atoms with Crippen LogP contribution in [-0.4, -0.2) is 57.5 Å². The summed E-state index contributed by atoms with van der Waals surface area (Å²) in [6, 6.07) is 5.90. The average Bonchev–Trinajstić information content (AvgIpc) is 2.68. The minimum Gasteiger partial charge on any atom is -0.455 e. The van der Waals surface area contributed by atoms with Crippen LogP contribution < -0.4 is 5.32 Å². The van der Waals surface area contributed by atoms with Gasteiger partial charge in [-0.05, 0) is 37.1 Å². The molecule has 0 aromatic heterocycles. The Bertz CT molecular complexity index is 738. The Morgan fingerprint density at radius 3 is 2.30 bits per heavy atom. The maximum Gasteiger partial charge on any atom is 0.309 e. The number of esters is 1. The number of nitrogens with one attached hydrogen (secondary N) is 1. The van der Waals surface area contributed by atoms with Gasteiger partial charge in [-0.2, -0.15) is 4.31 Å². The Balaban J connectivity index is 1.88. The molecule has 9 heteroatoms. The lowest BCUT2D eigenvalue weighted by Crippen LogP contribution is -2.30. The van der Waals surface area contributed by atoms with Crippen molar-refractivity contribution in [3.63, 3.8) is 0 Å². The van der Waals surface area contributed by atoms with E-state index in [1.54, 1.807) is 13.8 Å². The van der Waals surface area contributed by atoms with Crippen LogP contribution in [0.5, 0.6) is 0 Å². The van der Waals surface area contributed by atoms with E-state index in [1.807, 2.05) is 0 Å². The molecule has 0 saturated carbocycles. The van der Waals surface area contributed by atoms with Crippen LogP contribution >= 0.6 is 0 Å². The third-order valence-corrected chi connectivity index (χ3v) is 6.45. The molecule has 1 N–H and O–H groups in total. The number of carbonyl (C=O) groups is 2. The van der Waals surface area contributed by atoms with Crippen molar-refractivity contribution in [3.8, 4) is 0 Å². The van der Waals surface area contributed by atoms with Crippen LogP contribution in [0.4, 0.5) is 5.69 Å². The first-order chi connectivity index (χ1) is 12.9. The summed E-state index contributed by atoms with van der Waals surface area (Å²) in [4.78, 5) is 24.0. The van der Waals surface area contributed by atoms with Crippen molar-refractivity contribution in [2.75, 3.05) is 38.2 Å². The molecule has 150 valence electrons. The van der Waals surface area contributed by atoms with Crippen LogP contribution in [0.2, 0.25) is 0 Å². The zero-order chi connectivity index (χ0) is 19.9. The molecular formula is C18H26N2O6S. The van der Waals surface area contributed by atoms with Gasteiger partial charge < -0.3 is 14.8 Å². The number of hydrogen-bond donors (Lipinski definition) is 1. The molecule has 1 aromatic carbocycles. The Labute approximate surface area is 159 Å². The quantitative estimate of drug-likeness (QED) is 0.668. The maximum absolute atomic E-state index is 12.4. The Kier molecular flexibility index (Phi) is 7.76. The summed E-state index contributed by atoms with van der Waals surface area (Å²) in [5.74, 6) is -1.10. The van der Waals surface area contributed by atoms with E-state index in [2.05, 4.69) is 5.32 Å². The molecule has 1 aliphatic rings. The van der Waals surface area contributed by atoms with Crippen LogP contribution in [0.1, 0.15) is 26.7 Å². The molecule has 1 aliphatic heterocycles. The molecule has 1 saturated heterocycles. The van der Waals surface area contributed by atoms with Crippen LogP contribution in [0.3, 0.4) is 0 Å². The number of benzene rings is 1. The third-order valence-electron chi connectivity index (χ3n) is 4.38. The Morgan fingerprint density at radius 2 is 1.74 bits per heavy atom. The molecule has 1 amide bonds. The van der Waals surface area contributed by atoms with Gasteiger partial charge >= 0.3 is 5.97 Å². The molecule has 0 unspecified atom stereocenters. The number of carbonyl (C=O) groups excluding carboxylic acids is 2. The smallest absolute Gasteiger partial charge is 0.309 e. The predicted molar refractivity (Wildman–Crippen MR) is 99.7 cm³/mol. The monoisotopic (exact) mass is 398 g/mol. The van der Waals surface area contributed by atoms with Gasteiger partial charge in [0.05, 0.1) is 10.8 Å². The maximum atomic E-state index is 12.4. The average molecular weight is 398 g/mol. The Hall–Kier alpha value is -1.97. The van der Waals surface area contributed by atoms with Gasteiger partial charge in [0.2, 0.25) is 10.0 Å². The molecule has 1 heterocycles. The number of ether oxygens (including phenoxy) is 2. The lowest BCUT2D eigenvalue weighted by Gasteiger charge is -2.20. The second kappa shape index (κ2) is 9.82. The van der Waals surface area contributed by atoms with Crippen molar-refractivity contribution in [3.05, 3.63) is 24.3 Å². The first-order valence-electron chi connectivity index (χ1n) is 9.03. The molecule has 27 heavy (non-hydrogen) atoms. The number of amides is 1. The normalized spacial score (nSPS) is 15.5. The molecule has 0 aliphatic carbocycles. The second-order valence-electron chi connectivity index (χ2n) is 6.16. The standard InChI is InChI=1S/C18H26N2O6S/c1-3-20(4-2)27(23,24)16-7-5-15(6-8-16)19-17(21)13-26-18(22)14-9-11-25-12-10-14/h5-8,14H,3-4,9-13H2,1-2H3,(H,19,21). The molecule has 8 nitrogen and oxygen atoms in total. The van der Waals surface area contributed by atoms with Crippen LogP contribution in [0.15, 0.2) is 29.2 Å². The number of nitrogens with zero attached hydrogens (tertiary/aromatic N) is 1. The van der Waals surface area contributed by atoms with Gasteiger partial charge in [0.25, 0.3) is 5.91 Å². The lowest BCUT2D eigenvalue weighted by molar-refractivity contribution is -0.154. The van der Waals surface area contributed by atoms with Crippen LogP contribution in [-0.2, 0) is 29.1 Å².